The first-order valence-corrected chi connectivity index (χ1v) is 10.8. The van der Waals surface area contributed by atoms with Gasteiger partial charge in [0.05, 0.1) is 30.3 Å². The molecule has 1 aromatic carbocycles. The quantitative estimate of drug-likeness (QED) is 0.664. The molecule has 1 fully saturated rings. The van der Waals surface area contributed by atoms with Crippen LogP contribution in [0.2, 0.25) is 0 Å². The lowest BCUT2D eigenvalue weighted by Crippen LogP contribution is -2.38. The van der Waals surface area contributed by atoms with Gasteiger partial charge in [-0.1, -0.05) is 18.2 Å². The molecule has 9 heteroatoms. The van der Waals surface area contributed by atoms with Gasteiger partial charge in [0.1, 0.15) is 9.90 Å². The molecule has 1 aliphatic rings. The molecule has 0 spiro atoms. The van der Waals surface area contributed by atoms with Gasteiger partial charge >= 0.3 is 0 Å². The summed E-state index contributed by atoms with van der Waals surface area (Å²) in [6, 6.07) is 12.4. The number of hydrogen-bond donors (Lipinski definition) is 0. The molecule has 3 heterocycles. The average molecular weight is 400 g/mol. The maximum Gasteiger partial charge on any atom is 0.209 e. The number of fused-ring (bicyclic) bond motifs is 1. The van der Waals surface area contributed by atoms with Gasteiger partial charge in [-0.3, -0.25) is 0 Å². The number of aromatic nitrogens is 2. The molecule has 0 aliphatic carbocycles. The Bertz CT molecular complexity index is 1100. The first-order chi connectivity index (χ1) is 13.1. The number of nitrogens with zero attached hydrogens (tertiary/aromatic N) is 4. The highest BCUT2D eigenvalue weighted by atomic mass is 32.2. The lowest BCUT2D eigenvalue weighted by Gasteiger charge is -2.29. The molecule has 138 valence electrons. The molecule has 1 atom stereocenters. The Balaban J connectivity index is 1.91. The van der Waals surface area contributed by atoms with Crippen molar-refractivity contribution >= 4 is 38.0 Å². The number of morpholine rings is 1. The van der Waals surface area contributed by atoms with E-state index in [4.69, 9.17) is 4.74 Å². The molecule has 0 bridgehead atoms. The summed E-state index contributed by atoms with van der Waals surface area (Å²) in [6.45, 7) is 2.17. The van der Waals surface area contributed by atoms with Crippen LogP contribution in [0.1, 0.15) is 10.9 Å². The van der Waals surface area contributed by atoms with Crippen molar-refractivity contribution in [2.24, 2.45) is 0 Å². The number of thiophene rings is 1. The second-order valence-electron chi connectivity index (χ2n) is 6.01. The highest BCUT2D eigenvalue weighted by Gasteiger charge is 2.35. The Hall–Kier alpha value is -2.54. The number of anilines is 1. The summed E-state index contributed by atoms with van der Waals surface area (Å²) in [5, 5.41) is 10.0. The third-order valence-corrected chi connectivity index (χ3v) is 7.63. The Morgan fingerprint density at radius 2 is 1.81 bits per heavy atom. The number of nitriles is 1. The third-order valence-electron chi connectivity index (χ3n) is 4.34. The largest absolute Gasteiger partial charge is 0.378 e. The van der Waals surface area contributed by atoms with Crippen LogP contribution in [0.3, 0.4) is 0 Å². The molecule has 27 heavy (non-hydrogen) atoms. The fraction of sp³-hybridized carbons (Fsp3) is 0.278. The van der Waals surface area contributed by atoms with Gasteiger partial charge < -0.3 is 9.64 Å². The lowest BCUT2D eigenvalue weighted by atomic mass is 10.2. The lowest BCUT2D eigenvalue weighted by molar-refractivity contribution is 0.122. The van der Waals surface area contributed by atoms with Crippen molar-refractivity contribution in [3.63, 3.8) is 0 Å². The van der Waals surface area contributed by atoms with Crippen LogP contribution in [0.25, 0.3) is 11.0 Å². The monoisotopic (exact) mass is 400 g/mol. The number of sulfone groups is 1. The van der Waals surface area contributed by atoms with Gasteiger partial charge in [0.25, 0.3) is 0 Å². The van der Waals surface area contributed by atoms with Crippen molar-refractivity contribution in [2.75, 3.05) is 31.2 Å². The number of ether oxygens (including phenoxy) is 1. The minimum Gasteiger partial charge on any atom is -0.378 e. The van der Waals surface area contributed by atoms with Crippen molar-refractivity contribution in [3.05, 3.63) is 47.5 Å². The van der Waals surface area contributed by atoms with Gasteiger partial charge in [0.15, 0.2) is 11.1 Å². The molecular formula is C18H16N4O3S2. The molecule has 4 rings (SSSR count). The van der Waals surface area contributed by atoms with Gasteiger partial charge in [-0.15, -0.1) is 11.3 Å². The number of hydrogen-bond acceptors (Lipinski definition) is 8. The second-order valence-corrected chi connectivity index (χ2v) is 9.21. The van der Waals surface area contributed by atoms with E-state index in [2.05, 4.69) is 9.97 Å². The van der Waals surface area contributed by atoms with Crippen LogP contribution in [0, 0.1) is 11.3 Å². The first kappa shape index (κ1) is 17.9. The maximum absolute atomic E-state index is 13.1. The Labute approximate surface area is 160 Å². The Morgan fingerprint density at radius 3 is 2.44 bits per heavy atom. The molecule has 0 N–H and O–H groups in total. The molecule has 3 aromatic rings. The molecule has 1 saturated heterocycles. The fourth-order valence-electron chi connectivity index (χ4n) is 3.01. The van der Waals surface area contributed by atoms with Crippen LogP contribution < -0.4 is 4.90 Å². The molecule has 0 amide bonds. The summed E-state index contributed by atoms with van der Waals surface area (Å²) in [6.07, 6.45) is 0. The minimum absolute atomic E-state index is 0.150. The van der Waals surface area contributed by atoms with Crippen molar-refractivity contribution in [2.45, 2.75) is 9.46 Å². The SMILES string of the molecule is N#CC(c1nc2ccccc2nc1N1CCOCC1)S(=O)(=O)c1cccs1. The van der Waals surface area contributed by atoms with Crippen LogP contribution >= 0.6 is 11.3 Å². The predicted molar refractivity (Wildman–Crippen MR) is 102 cm³/mol. The Kier molecular flexibility index (Phi) is 4.78. The van der Waals surface area contributed by atoms with Crippen molar-refractivity contribution < 1.29 is 13.2 Å². The summed E-state index contributed by atoms with van der Waals surface area (Å²) >= 11 is 1.09. The zero-order chi connectivity index (χ0) is 18.9. The second kappa shape index (κ2) is 7.23. The van der Waals surface area contributed by atoms with E-state index in [0.717, 1.165) is 11.3 Å². The molecule has 7 nitrogen and oxygen atoms in total. The van der Waals surface area contributed by atoms with Crippen molar-refractivity contribution in [3.8, 4) is 6.07 Å². The summed E-state index contributed by atoms with van der Waals surface area (Å²) in [5.74, 6) is 0.434. The smallest absolute Gasteiger partial charge is 0.209 e. The topological polar surface area (TPSA) is 96.2 Å². The van der Waals surface area contributed by atoms with E-state index in [0.29, 0.717) is 43.2 Å². The zero-order valence-electron chi connectivity index (χ0n) is 14.3. The van der Waals surface area contributed by atoms with Crippen LogP contribution in [-0.4, -0.2) is 44.7 Å². The summed E-state index contributed by atoms with van der Waals surface area (Å²) in [4.78, 5) is 11.2. The van der Waals surface area contributed by atoms with Gasteiger partial charge in [0.2, 0.25) is 9.84 Å². The molecule has 1 aliphatic heterocycles. The van der Waals surface area contributed by atoms with E-state index in [1.807, 2.05) is 29.2 Å². The van der Waals surface area contributed by atoms with Gasteiger partial charge in [0, 0.05) is 13.1 Å². The normalized spacial score (nSPS) is 16.2. The summed E-state index contributed by atoms with van der Waals surface area (Å²) in [5.41, 5.74) is 1.39. The van der Waals surface area contributed by atoms with Crippen LogP contribution in [0.4, 0.5) is 5.82 Å². The standard InChI is InChI=1S/C18H16N4O3S2/c19-12-15(27(23,24)16-6-3-11-26-16)17-18(22-7-9-25-10-8-22)21-14-5-2-1-4-13(14)20-17/h1-6,11,15H,7-10H2. The molecule has 2 aromatic heterocycles. The van der Waals surface area contributed by atoms with Crippen molar-refractivity contribution in [1.82, 2.24) is 9.97 Å². The zero-order valence-corrected chi connectivity index (χ0v) is 15.9. The minimum atomic E-state index is -3.89. The molecule has 0 saturated carbocycles. The predicted octanol–water partition coefficient (Wildman–Crippen LogP) is 2.57. The van der Waals surface area contributed by atoms with Crippen LogP contribution in [0.15, 0.2) is 46.0 Å². The van der Waals surface area contributed by atoms with Gasteiger partial charge in [-0.2, -0.15) is 5.26 Å². The van der Waals surface area contributed by atoms with Gasteiger partial charge in [-0.05, 0) is 23.6 Å². The number of para-hydroxylation sites is 2. The van der Waals surface area contributed by atoms with E-state index >= 15 is 0 Å². The van der Waals surface area contributed by atoms with E-state index in [9.17, 15) is 13.7 Å². The van der Waals surface area contributed by atoms with E-state index in [-0.39, 0.29) is 9.90 Å². The van der Waals surface area contributed by atoms with Crippen LogP contribution in [-0.2, 0) is 14.6 Å². The van der Waals surface area contributed by atoms with Gasteiger partial charge in [-0.25, -0.2) is 18.4 Å². The number of benzene rings is 1. The third kappa shape index (κ3) is 3.27. The maximum atomic E-state index is 13.1. The fourth-order valence-corrected chi connectivity index (χ4v) is 5.54. The molecular weight excluding hydrogens is 384 g/mol. The van der Waals surface area contributed by atoms with E-state index < -0.39 is 15.1 Å². The highest BCUT2D eigenvalue weighted by Crippen LogP contribution is 2.35. The first-order valence-electron chi connectivity index (χ1n) is 8.37. The van der Waals surface area contributed by atoms with E-state index in [1.165, 1.54) is 6.07 Å². The van der Waals surface area contributed by atoms with Crippen LogP contribution in [0.5, 0.6) is 0 Å². The highest BCUT2D eigenvalue weighted by molar-refractivity contribution is 7.93. The van der Waals surface area contributed by atoms with E-state index in [1.54, 1.807) is 17.5 Å². The summed E-state index contributed by atoms with van der Waals surface area (Å²) < 4.78 is 31.7. The molecule has 1 unspecified atom stereocenters. The van der Waals surface area contributed by atoms with Crippen molar-refractivity contribution in [1.29, 1.82) is 5.26 Å². The summed E-state index contributed by atoms with van der Waals surface area (Å²) in [7, 11) is -3.89. The molecule has 0 radical (unpaired) electrons. The number of rotatable bonds is 4. The average Bonchev–Trinajstić information content (AvgIpc) is 3.24. The Morgan fingerprint density at radius 1 is 1.11 bits per heavy atom.